The van der Waals surface area contributed by atoms with E-state index < -0.39 is 5.41 Å². The van der Waals surface area contributed by atoms with E-state index in [1.54, 1.807) is 21.3 Å². The minimum Gasteiger partial charge on any atom is -0.497 e. The minimum absolute atomic E-state index is 0.718. The molecular weight excluding hydrogens is 424 g/mol. The summed E-state index contributed by atoms with van der Waals surface area (Å²) < 4.78 is 22.9. The summed E-state index contributed by atoms with van der Waals surface area (Å²) in [5.74, 6) is 3.22. The summed E-state index contributed by atoms with van der Waals surface area (Å²) in [6.07, 6.45) is 0. The third-order valence-electron chi connectivity index (χ3n) is 6.36. The van der Waals surface area contributed by atoms with Gasteiger partial charge in [-0.05, 0) is 65.2 Å². The molecule has 0 unspecified atom stereocenters. The predicted octanol–water partition coefficient (Wildman–Crippen LogP) is 6.84. The standard InChI is InChI=1S/C30H26O4/c1-31-25-14-8-22(9-15-25)30(23-10-16-26(32-2)17-11-23,24-12-18-27(33-3)19-13-24)29-20-21-6-4-5-7-28(21)34-29/h4-20H,1-3H3. The molecule has 0 bridgehead atoms. The second kappa shape index (κ2) is 8.99. The van der Waals surface area contributed by atoms with E-state index in [0.29, 0.717) is 0 Å². The molecule has 170 valence electrons. The molecule has 0 aliphatic rings. The van der Waals surface area contributed by atoms with Gasteiger partial charge in [-0.15, -0.1) is 0 Å². The van der Waals surface area contributed by atoms with Gasteiger partial charge >= 0.3 is 0 Å². The summed E-state index contributed by atoms with van der Waals surface area (Å²) in [4.78, 5) is 0. The van der Waals surface area contributed by atoms with Crippen LogP contribution in [-0.4, -0.2) is 21.3 Å². The molecule has 4 aromatic carbocycles. The highest BCUT2D eigenvalue weighted by Gasteiger charge is 2.41. The first kappa shape index (κ1) is 21.7. The Bertz CT molecular complexity index is 1230. The molecule has 34 heavy (non-hydrogen) atoms. The van der Waals surface area contributed by atoms with Crippen molar-refractivity contribution in [3.8, 4) is 17.2 Å². The van der Waals surface area contributed by atoms with Crippen LogP contribution >= 0.6 is 0 Å². The Kier molecular flexibility index (Phi) is 5.72. The van der Waals surface area contributed by atoms with Gasteiger partial charge in [0.1, 0.15) is 34.0 Å². The molecule has 0 fully saturated rings. The van der Waals surface area contributed by atoms with Gasteiger partial charge in [0.2, 0.25) is 0 Å². The smallest absolute Gasteiger partial charge is 0.134 e. The van der Waals surface area contributed by atoms with Crippen LogP contribution < -0.4 is 14.2 Å². The van der Waals surface area contributed by atoms with Crippen molar-refractivity contribution < 1.29 is 18.6 Å². The molecule has 4 heteroatoms. The minimum atomic E-state index is -0.718. The van der Waals surface area contributed by atoms with Crippen molar-refractivity contribution in [1.29, 1.82) is 0 Å². The number of hydrogen-bond acceptors (Lipinski definition) is 4. The van der Waals surface area contributed by atoms with Crippen LogP contribution in [0.5, 0.6) is 17.2 Å². The van der Waals surface area contributed by atoms with Gasteiger partial charge < -0.3 is 18.6 Å². The maximum Gasteiger partial charge on any atom is 0.134 e. The van der Waals surface area contributed by atoms with E-state index in [-0.39, 0.29) is 0 Å². The zero-order chi connectivity index (χ0) is 23.5. The van der Waals surface area contributed by atoms with Gasteiger partial charge in [0.05, 0.1) is 21.3 Å². The lowest BCUT2D eigenvalue weighted by atomic mass is 9.67. The van der Waals surface area contributed by atoms with Crippen LogP contribution in [0, 0.1) is 0 Å². The number of benzene rings is 4. The number of rotatable bonds is 7. The van der Waals surface area contributed by atoms with E-state index in [2.05, 4.69) is 48.5 Å². The molecule has 4 nitrogen and oxygen atoms in total. The maximum atomic E-state index is 6.57. The third kappa shape index (κ3) is 3.57. The zero-order valence-corrected chi connectivity index (χ0v) is 19.4. The molecule has 5 aromatic rings. The molecular formula is C30H26O4. The molecule has 0 spiro atoms. The Labute approximate surface area is 199 Å². The van der Waals surface area contributed by atoms with Crippen LogP contribution in [-0.2, 0) is 5.41 Å². The van der Waals surface area contributed by atoms with E-state index in [0.717, 1.165) is 50.7 Å². The highest BCUT2D eigenvalue weighted by Crippen LogP contribution is 2.47. The fraction of sp³-hybridized carbons (Fsp3) is 0.133. The summed E-state index contributed by atoms with van der Waals surface area (Å²) in [6.45, 7) is 0. The largest absolute Gasteiger partial charge is 0.497 e. The number of methoxy groups -OCH3 is 3. The first-order valence-corrected chi connectivity index (χ1v) is 11.1. The van der Waals surface area contributed by atoms with Crippen molar-refractivity contribution in [3.05, 3.63) is 126 Å². The molecule has 0 amide bonds. The van der Waals surface area contributed by atoms with Crippen LogP contribution in [0.1, 0.15) is 22.5 Å². The molecule has 5 rings (SSSR count). The fourth-order valence-corrected chi connectivity index (χ4v) is 4.62. The topological polar surface area (TPSA) is 40.8 Å². The number of para-hydroxylation sites is 1. The van der Waals surface area contributed by atoms with Crippen molar-refractivity contribution in [2.24, 2.45) is 0 Å². The molecule has 0 radical (unpaired) electrons. The van der Waals surface area contributed by atoms with Gasteiger partial charge in [0.15, 0.2) is 0 Å². The molecule has 0 saturated heterocycles. The van der Waals surface area contributed by atoms with Crippen molar-refractivity contribution in [2.75, 3.05) is 21.3 Å². The Morgan fingerprint density at radius 3 is 1.32 bits per heavy atom. The van der Waals surface area contributed by atoms with Gasteiger partial charge in [0.25, 0.3) is 0 Å². The average Bonchev–Trinajstić information content (AvgIpc) is 3.35. The summed E-state index contributed by atoms with van der Waals surface area (Å²) in [5, 5.41) is 1.05. The Morgan fingerprint density at radius 2 is 0.941 bits per heavy atom. The molecule has 0 aliphatic heterocycles. The van der Waals surface area contributed by atoms with Crippen LogP contribution in [0.4, 0.5) is 0 Å². The van der Waals surface area contributed by atoms with Gasteiger partial charge in [0, 0.05) is 5.39 Å². The molecule has 0 atom stereocenters. The van der Waals surface area contributed by atoms with Crippen LogP contribution in [0.3, 0.4) is 0 Å². The monoisotopic (exact) mass is 450 g/mol. The van der Waals surface area contributed by atoms with Gasteiger partial charge in [-0.3, -0.25) is 0 Å². The highest BCUT2D eigenvalue weighted by atomic mass is 16.5. The van der Waals surface area contributed by atoms with E-state index >= 15 is 0 Å². The fourth-order valence-electron chi connectivity index (χ4n) is 4.62. The molecule has 1 aromatic heterocycles. The number of furan rings is 1. The lowest BCUT2D eigenvalue weighted by Gasteiger charge is -2.34. The summed E-state index contributed by atoms with van der Waals surface area (Å²) in [6, 6.07) is 34.7. The highest BCUT2D eigenvalue weighted by molar-refractivity contribution is 5.79. The normalized spacial score (nSPS) is 11.4. The SMILES string of the molecule is COc1ccc(C(c2ccc(OC)cc2)(c2ccc(OC)cc2)c2cc3ccccc3o2)cc1. The van der Waals surface area contributed by atoms with Crippen LogP contribution in [0.2, 0.25) is 0 Å². The first-order valence-electron chi connectivity index (χ1n) is 11.1. The van der Waals surface area contributed by atoms with Crippen LogP contribution in [0.15, 0.2) is 108 Å². The number of hydrogen-bond donors (Lipinski definition) is 0. The number of fused-ring (bicyclic) bond motifs is 1. The van der Waals surface area contributed by atoms with Gasteiger partial charge in [-0.2, -0.15) is 0 Å². The third-order valence-corrected chi connectivity index (χ3v) is 6.36. The molecule has 0 aliphatic carbocycles. The van der Waals surface area contributed by atoms with E-state index in [1.165, 1.54) is 0 Å². The van der Waals surface area contributed by atoms with E-state index in [4.69, 9.17) is 18.6 Å². The predicted molar refractivity (Wildman–Crippen MR) is 134 cm³/mol. The van der Waals surface area contributed by atoms with Crippen molar-refractivity contribution >= 4 is 11.0 Å². The van der Waals surface area contributed by atoms with E-state index in [1.807, 2.05) is 54.6 Å². The first-order chi connectivity index (χ1) is 16.7. The lowest BCUT2D eigenvalue weighted by Crippen LogP contribution is -2.30. The van der Waals surface area contributed by atoms with Crippen molar-refractivity contribution in [2.45, 2.75) is 5.41 Å². The van der Waals surface area contributed by atoms with Gasteiger partial charge in [-0.25, -0.2) is 0 Å². The number of ether oxygens (including phenoxy) is 3. The maximum absolute atomic E-state index is 6.57. The second-order valence-corrected chi connectivity index (χ2v) is 8.08. The second-order valence-electron chi connectivity index (χ2n) is 8.08. The van der Waals surface area contributed by atoms with Crippen molar-refractivity contribution in [3.63, 3.8) is 0 Å². The average molecular weight is 451 g/mol. The quantitative estimate of drug-likeness (QED) is 0.255. The van der Waals surface area contributed by atoms with Crippen molar-refractivity contribution in [1.82, 2.24) is 0 Å². The Morgan fingerprint density at radius 1 is 0.529 bits per heavy atom. The summed E-state index contributed by atoms with van der Waals surface area (Å²) in [7, 11) is 5.03. The Hall–Kier alpha value is -4.18. The lowest BCUT2D eigenvalue weighted by molar-refractivity contribution is 0.413. The summed E-state index contributed by atoms with van der Waals surface area (Å²) in [5.41, 5.74) is 3.30. The van der Waals surface area contributed by atoms with Crippen LogP contribution in [0.25, 0.3) is 11.0 Å². The molecule has 0 N–H and O–H groups in total. The Balaban J connectivity index is 1.86. The van der Waals surface area contributed by atoms with E-state index in [9.17, 15) is 0 Å². The van der Waals surface area contributed by atoms with Gasteiger partial charge in [-0.1, -0.05) is 54.6 Å². The molecule has 1 heterocycles. The summed E-state index contributed by atoms with van der Waals surface area (Å²) >= 11 is 0. The zero-order valence-electron chi connectivity index (χ0n) is 19.4. The molecule has 0 saturated carbocycles.